The topological polar surface area (TPSA) is 56.7 Å². The van der Waals surface area contributed by atoms with Crippen LogP contribution in [0.2, 0.25) is 0 Å². The lowest BCUT2D eigenvalue weighted by Crippen LogP contribution is -2.07. The van der Waals surface area contributed by atoms with Crippen molar-refractivity contribution in [3.63, 3.8) is 0 Å². The Bertz CT molecular complexity index is 514. The Morgan fingerprint density at radius 2 is 2.18 bits per heavy atom. The predicted octanol–water partition coefficient (Wildman–Crippen LogP) is 2.34. The molecule has 4 heteroatoms. The van der Waals surface area contributed by atoms with Crippen LogP contribution < -0.4 is 5.73 Å². The van der Waals surface area contributed by atoms with E-state index in [-0.39, 0.29) is 0 Å². The molecular formula is C13H18N4. The summed E-state index contributed by atoms with van der Waals surface area (Å²) in [6.07, 6.45) is 3.64. The van der Waals surface area contributed by atoms with Gasteiger partial charge in [-0.15, -0.1) is 0 Å². The van der Waals surface area contributed by atoms with E-state index in [1.165, 1.54) is 11.3 Å². The zero-order valence-corrected chi connectivity index (χ0v) is 10.5. The highest BCUT2D eigenvalue weighted by Gasteiger charge is 2.10. The first-order chi connectivity index (χ1) is 8.09. The van der Waals surface area contributed by atoms with Crippen molar-refractivity contribution in [3.05, 3.63) is 41.3 Å². The lowest BCUT2D eigenvalue weighted by atomic mass is 10.1. The maximum absolute atomic E-state index is 5.83. The van der Waals surface area contributed by atoms with Gasteiger partial charge in [0.05, 0.1) is 12.7 Å². The first-order valence-electron chi connectivity index (χ1n) is 5.81. The van der Waals surface area contributed by atoms with Crippen LogP contribution in [0, 0.1) is 6.92 Å². The summed E-state index contributed by atoms with van der Waals surface area (Å²) in [5, 5.41) is 4.41. The molecule has 17 heavy (non-hydrogen) atoms. The number of aromatic nitrogens is 3. The zero-order chi connectivity index (χ0) is 12.4. The van der Waals surface area contributed by atoms with E-state index in [0.717, 1.165) is 5.56 Å². The fourth-order valence-electron chi connectivity index (χ4n) is 1.93. The first-order valence-corrected chi connectivity index (χ1v) is 5.81. The van der Waals surface area contributed by atoms with Crippen LogP contribution in [0.5, 0.6) is 0 Å². The molecule has 2 heterocycles. The minimum absolute atomic E-state index is 0.495. The van der Waals surface area contributed by atoms with Crippen LogP contribution in [-0.4, -0.2) is 14.8 Å². The fourth-order valence-corrected chi connectivity index (χ4v) is 1.93. The van der Waals surface area contributed by atoms with Crippen molar-refractivity contribution in [2.45, 2.75) is 33.2 Å². The second-order valence-corrected chi connectivity index (χ2v) is 4.55. The van der Waals surface area contributed by atoms with Crippen molar-refractivity contribution in [1.82, 2.24) is 14.8 Å². The average Bonchev–Trinajstić information content (AvgIpc) is 2.64. The molecule has 0 unspecified atom stereocenters. The Morgan fingerprint density at radius 1 is 1.41 bits per heavy atom. The highest BCUT2D eigenvalue weighted by atomic mass is 15.3. The lowest BCUT2D eigenvalue weighted by Gasteiger charge is -2.08. The Balaban J connectivity index is 2.28. The molecule has 0 radical (unpaired) electrons. The van der Waals surface area contributed by atoms with E-state index >= 15 is 0 Å². The summed E-state index contributed by atoms with van der Waals surface area (Å²) < 4.78 is 1.97. The molecule has 0 aliphatic heterocycles. The third kappa shape index (κ3) is 2.30. The van der Waals surface area contributed by atoms with Gasteiger partial charge in [-0.3, -0.25) is 4.68 Å². The van der Waals surface area contributed by atoms with Gasteiger partial charge in [-0.05, 0) is 24.5 Å². The standard InChI is InChI=1S/C13H18N4/c1-9(2)12-7-16-17(10(12)3)8-11-5-4-6-15-13(11)14/h4-7,9H,8H2,1-3H3,(H2,14,15). The van der Waals surface area contributed by atoms with Gasteiger partial charge < -0.3 is 5.73 Å². The average molecular weight is 230 g/mol. The molecule has 0 aliphatic carbocycles. The summed E-state index contributed by atoms with van der Waals surface area (Å²) >= 11 is 0. The molecule has 0 bridgehead atoms. The molecular weight excluding hydrogens is 212 g/mol. The van der Waals surface area contributed by atoms with Crippen molar-refractivity contribution in [2.24, 2.45) is 0 Å². The van der Waals surface area contributed by atoms with Crippen molar-refractivity contribution in [3.8, 4) is 0 Å². The van der Waals surface area contributed by atoms with Crippen LogP contribution in [0.1, 0.15) is 36.6 Å². The van der Waals surface area contributed by atoms with Crippen molar-refractivity contribution in [2.75, 3.05) is 5.73 Å². The van der Waals surface area contributed by atoms with E-state index in [1.54, 1.807) is 6.20 Å². The van der Waals surface area contributed by atoms with Crippen LogP contribution in [0.25, 0.3) is 0 Å². The molecule has 2 N–H and O–H groups in total. The molecule has 0 atom stereocenters. The summed E-state index contributed by atoms with van der Waals surface area (Å²) in [5.41, 5.74) is 9.32. The van der Waals surface area contributed by atoms with Gasteiger partial charge in [0, 0.05) is 17.5 Å². The molecule has 0 amide bonds. The van der Waals surface area contributed by atoms with E-state index in [9.17, 15) is 0 Å². The van der Waals surface area contributed by atoms with Crippen LogP contribution in [0.4, 0.5) is 5.82 Å². The largest absolute Gasteiger partial charge is 0.383 e. The van der Waals surface area contributed by atoms with Crippen LogP contribution in [0.15, 0.2) is 24.5 Å². The number of nitrogens with zero attached hydrogens (tertiary/aromatic N) is 3. The Hall–Kier alpha value is -1.84. The molecule has 0 fully saturated rings. The molecule has 2 aromatic heterocycles. The molecule has 0 saturated carbocycles. The molecule has 2 aromatic rings. The molecule has 0 saturated heterocycles. The summed E-state index contributed by atoms with van der Waals surface area (Å²) in [6.45, 7) is 7.12. The number of nitrogen functional groups attached to an aromatic ring is 1. The van der Waals surface area contributed by atoms with Gasteiger partial charge in [0.2, 0.25) is 0 Å². The smallest absolute Gasteiger partial charge is 0.128 e. The van der Waals surface area contributed by atoms with E-state index in [0.29, 0.717) is 18.3 Å². The number of nitrogens with two attached hydrogens (primary N) is 1. The van der Waals surface area contributed by atoms with Gasteiger partial charge >= 0.3 is 0 Å². The summed E-state index contributed by atoms with van der Waals surface area (Å²) in [6, 6.07) is 3.88. The number of anilines is 1. The minimum Gasteiger partial charge on any atom is -0.383 e. The van der Waals surface area contributed by atoms with E-state index < -0.39 is 0 Å². The van der Waals surface area contributed by atoms with Gasteiger partial charge in [0.15, 0.2) is 0 Å². The SMILES string of the molecule is Cc1c(C(C)C)cnn1Cc1cccnc1N. The Morgan fingerprint density at radius 3 is 2.76 bits per heavy atom. The summed E-state index contributed by atoms with van der Waals surface area (Å²) in [4.78, 5) is 4.08. The Labute approximate surface area is 101 Å². The molecule has 0 spiro atoms. The number of pyridine rings is 1. The van der Waals surface area contributed by atoms with E-state index in [2.05, 4.69) is 30.9 Å². The van der Waals surface area contributed by atoms with E-state index in [1.807, 2.05) is 23.0 Å². The zero-order valence-electron chi connectivity index (χ0n) is 10.5. The summed E-state index contributed by atoms with van der Waals surface area (Å²) in [7, 11) is 0. The maximum Gasteiger partial charge on any atom is 0.128 e. The normalized spacial score (nSPS) is 11.1. The molecule has 0 aromatic carbocycles. The maximum atomic E-state index is 5.83. The van der Waals surface area contributed by atoms with Crippen LogP contribution >= 0.6 is 0 Å². The highest BCUT2D eigenvalue weighted by Crippen LogP contribution is 2.19. The third-order valence-electron chi connectivity index (χ3n) is 3.01. The van der Waals surface area contributed by atoms with Gasteiger partial charge in [-0.1, -0.05) is 19.9 Å². The van der Waals surface area contributed by atoms with Gasteiger partial charge in [-0.25, -0.2) is 4.98 Å². The Kier molecular flexibility index (Phi) is 3.13. The monoisotopic (exact) mass is 230 g/mol. The van der Waals surface area contributed by atoms with Gasteiger partial charge in [0.1, 0.15) is 5.82 Å². The number of rotatable bonds is 3. The molecule has 0 aliphatic rings. The predicted molar refractivity (Wildman–Crippen MR) is 68.8 cm³/mol. The van der Waals surface area contributed by atoms with Crippen molar-refractivity contribution < 1.29 is 0 Å². The van der Waals surface area contributed by atoms with E-state index in [4.69, 9.17) is 5.73 Å². The van der Waals surface area contributed by atoms with Gasteiger partial charge in [0.25, 0.3) is 0 Å². The number of hydrogen-bond acceptors (Lipinski definition) is 3. The minimum atomic E-state index is 0.495. The van der Waals surface area contributed by atoms with Crippen LogP contribution in [0.3, 0.4) is 0 Å². The van der Waals surface area contributed by atoms with Gasteiger partial charge in [-0.2, -0.15) is 5.10 Å². The third-order valence-corrected chi connectivity index (χ3v) is 3.01. The first kappa shape index (κ1) is 11.6. The highest BCUT2D eigenvalue weighted by molar-refractivity contribution is 5.38. The van der Waals surface area contributed by atoms with Crippen molar-refractivity contribution in [1.29, 1.82) is 0 Å². The quantitative estimate of drug-likeness (QED) is 0.880. The number of hydrogen-bond donors (Lipinski definition) is 1. The lowest BCUT2D eigenvalue weighted by molar-refractivity contribution is 0.661. The fraction of sp³-hybridized carbons (Fsp3) is 0.385. The molecule has 4 nitrogen and oxygen atoms in total. The molecule has 90 valence electrons. The second kappa shape index (κ2) is 4.57. The van der Waals surface area contributed by atoms with Crippen molar-refractivity contribution >= 4 is 5.82 Å². The second-order valence-electron chi connectivity index (χ2n) is 4.55. The molecule has 2 rings (SSSR count). The van der Waals surface area contributed by atoms with Crippen LogP contribution in [-0.2, 0) is 6.54 Å². The summed E-state index contributed by atoms with van der Waals surface area (Å²) in [5.74, 6) is 1.07.